The molecule has 0 saturated heterocycles. The van der Waals surface area contributed by atoms with Gasteiger partial charge in [-0.1, -0.05) is 20.8 Å². The average molecular weight is 421 g/mol. The second-order valence-electron chi connectivity index (χ2n) is 6.28. The summed E-state index contributed by atoms with van der Waals surface area (Å²) in [6, 6.07) is 11.2. The lowest BCUT2D eigenvalue weighted by Gasteiger charge is -2.19. The molecule has 0 aliphatic rings. The molecule has 0 fully saturated rings. The number of hydrogen-bond acceptors (Lipinski definition) is 5. The summed E-state index contributed by atoms with van der Waals surface area (Å²) in [5, 5.41) is 2.74. The molecule has 0 aromatic heterocycles. The lowest BCUT2D eigenvalue weighted by atomic mass is 10.2. The molecule has 0 radical (unpaired) electrons. The minimum Gasteiger partial charge on any atom is -0.495 e. The van der Waals surface area contributed by atoms with Crippen LogP contribution in [0.2, 0.25) is 0 Å². The number of rotatable bonds is 10. The molecule has 29 heavy (non-hydrogen) atoms. The van der Waals surface area contributed by atoms with Crippen LogP contribution in [0.4, 0.5) is 5.69 Å². The van der Waals surface area contributed by atoms with E-state index in [9.17, 15) is 13.2 Å². The second-order valence-corrected chi connectivity index (χ2v) is 8.22. The van der Waals surface area contributed by atoms with Crippen LogP contribution in [0.15, 0.2) is 47.4 Å². The molecule has 1 amide bonds. The molecule has 0 atom stereocenters. The van der Waals surface area contributed by atoms with Gasteiger partial charge in [-0.15, -0.1) is 0 Å². The van der Waals surface area contributed by atoms with Crippen molar-refractivity contribution in [3.8, 4) is 11.5 Å². The Labute approximate surface area is 172 Å². The molecular weight excluding hydrogens is 392 g/mol. The summed E-state index contributed by atoms with van der Waals surface area (Å²) in [6.07, 6.45) is 0.898. The Morgan fingerprint density at radius 3 is 2.24 bits per heavy atom. The summed E-state index contributed by atoms with van der Waals surface area (Å²) in [5.41, 5.74) is 0.713. The van der Waals surface area contributed by atoms with Crippen LogP contribution >= 0.6 is 0 Å². The maximum atomic E-state index is 12.8. The number of ether oxygens (including phenoxy) is 2. The summed E-state index contributed by atoms with van der Waals surface area (Å²) in [6.45, 7) is 6.90. The fourth-order valence-electron chi connectivity index (χ4n) is 2.77. The van der Waals surface area contributed by atoms with Crippen LogP contribution in [0.5, 0.6) is 11.5 Å². The van der Waals surface area contributed by atoms with Gasteiger partial charge in [-0.05, 0) is 48.9 Å². The van der Waals surface area contributed by atoms with Crippen molar-refractivity contribution in [2.45, 2.75) is 32.1 Å². The Balaban J connectivity index is 2.28. The minimum atomic E-state index is -3.65. The zero-order valence-corrected chi connectivity index (χ0v) is 18.1. The molecule has 1 N–H and O–H groups in total. The van der Waals surface area contributed by atoms with Gasteiger partial charge in [-0.3, -0.25) is 4.79 Å². The van der Waals surface area contributed by atoms with Gasteiger partial charge in [0.15, 0.2) is 0 Å². The maximum Gasteiger partial charge on any atom is 0.255 e. The Bertz CT molecular complexity index is 923. The summed E-state index contributed by atoms with van der Waals surface area (Å²) in [7, 11) is -2.19. The SMILES string of the molecule is CCCOc1ccc(C(=O)Nc2cc(S(=O)(=O)N(CC)CC)ccc2OC)cc1. The smallest absolute Gasteiger partial charge is 0.255 e. The van der Waals surface area contributed by atoms with Crippen LogP contribution in [-0.4, -0.2) is 45.4 Å². The van der Waals surface area contributed by atoms with Gasteiger partial charge in [0.2, 0.25) is 10.0 Å². The number of anilines is 1. The highest BCUT2D eigenvalue weighted by molar-refractivity contribution is 7.89. The van der Waals surface area contributed by atoms with E-state index in [0.717, 1.165) is 6.42 Å². The Morgan fingerprint density at radius 2 is 1.69 bits per heavy atom. The lowest BCUT2D eigenvalue weighted by molar-refractivity contribution is 0.102. The Kier molecular flexibility index (Phi) is 8.04. The standard InChI is InChI=1S/C21H28N2O5S/c1-5-14-28-17-10-8-16(9-11-17)21(24)22-19-15-18(12-13-20(19)27-4)29(25,26)23(6-2)7-3/h8-13,15H,5-7,14H2,1-4H3,(H,22,24). The predicted octanol–water partition coefficient (Wildman–Crippen LogP) is 3.77. The fraction of sp³-hybridized carbons (Fsp3) is 0.381. The van der Waals surface area contributed by atoms with E-state index in [1.54, 1.807) is 38.1 Å². The van der Waals surface area contributed by atoms with Crippen molar-refractivity contribution in [3.05, 3.63) is 48.0 Å². The molecule has 2 rings (SSSR count). The molecule has 158 valence electrons. The van der Waals surface area contributed by atoms with E-state index in [4.69, 9.17) is 9.47 Å². The normalized spacial score (nSPS) is 11.3. The molecule has 0 aliphatic heterocycles. The van der Waals surface area contributed by atoms with Gasteiger partial charge in [0.1, 0.15) is 11.5 Å². The van der Waals surface area contributed by atoms with Crippen LogP contribution in [0, 0.1) is 0 Å². The van der Waals surface area contributed by atoms with Gasteiger partial charge < -0.3 is 14.8 Å². The van der Waals surface area contributed by atoms with E-state index >= 15 is 0 Å². The molecule has 0 saturated carbocycles. The quantitative estimate of drug-likeness (QED) is 0.632. The average Bonchev–Trinajstić information content (AvgIpc) is 2.73. The Hall–Kier alpha value is -2.58. The van der Waals surface area contributed by atoms with Crippen molar-refractivity contribution in [2.24, 2.45) is 0 Å². The molecule has 0 heterocycles. The van der Waals surface area contributed by atoms with Crippen LogP contribution in [-0.2, 0) is 10.0 Å². The highest BCUT2D eigenvalue weighted by atomic mass is 32.2. The molecule has 0 spiro atoms. The molecule has 7 nitrogen and oxygen atoms in total. The fourth-order valence-corrected chi connectivity index (χ4v) is 4.26. The highest BCUT2D eigenvalue weighted by Crippen LogP contribution is 2.29. The first-order valence-electron chi connectivity index (χ1n) is 9.59. The molecule has 2 aromatic rings. The van der Waals surface area contributed by atoms with Gasteiger partial charge in [-0.25, -0.2) is 8.42 Å². The summed E-state index contributed by atoms with van der Waals surface area (Å²) >= 11 is 0. The number of methoxy groups -OCH3 is 1. The Morgan fingerprint density at radius 1 is 1.03 bits per heavy atom. The minimum absolute atomic E-state index is 0.0978. The van der Waals surface area contributed by atoms with Crippen molar-refractivity contribution >= 4 is 21.6 Å². The first-order valence-corrected chi connectivity index (χ1v) is 11.0. The van der Waals surface area contributed by atoms with Crippen molar-refractivity contribution < 1.29 is 22.7 Å². The zero-order chi connectivity index (χ0) is 21.4. The maximum absolute atomic E-state index is 12.8. The van der Waals surface area contributed by atoms with Crippen molar-refractivity contribution in [3.63, 3.8) is 0 Å². The molecular formula is C21H28N2O5S. The molecule has 8 heteroatoms. The number of carbonyl (C=O) groups excluding carboxylic acids is 1. The van der Waals surface area contributed by atoms with Gasteiger partial charge in [0.05, 0.1) is 24.3 Å². The third-order valence-corrected chi connectivity index (χ3v) is 6.40. The van der Waals surface area contributed by atoms with Crippen LogP contribution in [0.3, 0.4) is 0 Å². The monoisotopic (exact) mass is 420 g/mol. The van der Waals surface area contributed by atoms with E-state index < -0.39 is 10.0 Å². The number of benzene rings is 2. The number of nitrogens with zero attached hydrogens (tertiary/aromatic N) is 1. The van der Waals surface area contributed by atoms with Gasteiger partial charge in [-0.2, -0.15) is 4.31 Å². The largest absolute Gasteiger partial charge is 0.495 e. The molecule has 0 bridgehead atoms. The second kappa shape index (κ2) is 10.3. The number of amides is 1. The predicted molar refractivity (Wildman–Crippen MR) is 113 cm³/mol. The number of carbonyl (C=O) groups is 1. The third-order valence-electron chi connectivity index (χ3n) is 4.35. The van der Waals surface area contributed by atoms with Crippen LogP contribution < -0.4 is 14.8 Å². The number of sulfonamides is 1. The molecule has 2 aromatic carbocycles. The van der Waals surface area contributed by atoms with Gasteiger partial charge in [0, 0.05) is 18.7 Å². The van der Waals surface area contributed by atoms with Crippen LogP contribution in [0.25, 0.3) is 0 Å². The molecule has 0 unspecified atom stereocenters. The summed E-state index contributed by atoms with van der Waals surface area (Å²) < 4.78 is 37.7. The lowest BCUT2D eigenvalue weighted by Crippen LogP contribution is -2.30. The van der Waals surface area contributed by atoms with E-state index in [1.165, 1.54) is 29.6 Å². The number of hydrogen-bond donors (Lipinski definition) is 1. The van der Waals surface area contributed by atoms with E-state index in [-0.39, 0.29) is 16.5 Å². The first-order chi connectivity index (χ1) is 13.9. The van der Waals surface area contributed by atoms with E-state index in [2.05, 4.69) is 5.32 Å². The summed E-state index contributed by atoms with van der Waals surface area (Å²) in [4.78, 5) is 12.7. The van der Waals surface area contributed by atoms with Crippen molar-refractivity contribution in [2.75, 3.05) is 32.1 Å². The van der Waals surface area contributed by atoms with Crippen molar-refractivity contribution in [1.29, 1.82) is 0 Å². The topological polar surface area (TPSA) is 84.9 Å². The van der Waals surface area contributed by atoms with E-state index in [1.807, 2.05) is 6.92 Å². The van der Waals surface area contributed by atoms with E-state index in [0.29, 0.717) is 36.8 Å². The van der Waals surface area contributed by atoms with Gasteiger partial charge >= 0.3 is 0 Å². The summed E-state index contributed by atoms with van der Waals surface area (Å²) in [5.74, 6) is 0.691. The highest BCUT2D eigenvalue weighted by Gasteiger charge is 2.23. The van der Waals surface area contributed by atoms with Gasteiger partial charge in [0.25, 0.3) is 5.91 Å². The van der Waals surface area contributed by atoms with Crippen LogP contribution in [0.1, 0.15) is 37.6 Å². The number of nitrogens with one attached hydrogen (secondary N) is 1. The molecule has 0 aliphatic carbocycles. The third kappa shape index (κ3) is 5.48. The van der Waals surface area contributed by atoms with Crippen molar-refractivity contribution in [1.82, 2.24) is 4.31 Å². The zero-order valence-electron chi connectivity index (χ0n) is 17.3. The first kappa shape index (κ1) is 22.7.